The largest absolute Gasteiger partial charge is 0.309 e. The lowest BCUT2D eigenvalue weighted by Gasteiger charge is -2.06. The van der Waals surface area contributed by atoms with E-state index in [9.17, 15) is 10.1 Å². The third kappa shape index (κ3) is 3.90. The van der Waals surface area contributed by atoms with Crippen LogP contribution in [0.4, 0.5) is 5.69 Å². The highest BCUT2D eigenvalue weighted by atomic mass is 16.6. The summed E-state index contributed by atoms with van der Waals surface area (Å²) in [5.74, 6) is 0. The zero-order valence-electron chi connectivity index (χ0n) is 11.5. The van der Waals surface area contributed by atoms with Crippen LogP contribution in [0.15, 0.2) is 48.5 Å². The monoisotopic (exact) mass is 270 g/mol. The SMILES string of the molecule is CCc1ccc(CNCc2cccc([N+](=O)[O-])c2)cc1. The Kier molecular flexibility index (Phi) is 4.85. The average molecular weight is 270 g/mol. The summed E-state index contributed by atoms with van der Waals surface area (Å²) in [4.78, 5) is 10.3. The third-order valence-electron chi connectivity index (χ3n) is 3.21. The van der Waals surface area contributed by atoms with Crippen LogP contribution in [-0.4, -0.2) is 4.92 Å². The molecule has 0 aromatic heterocycles. The molecular formula is C16H18N2O2. The van der Waals surface area contributed by atoms with E-state index in [0.717, 1.165) is 18.5 Å². The molecule has 0 aliphatic heterocycles. The Balaban J connectivity index is 1.88. The summed E-state index contributed by atoms with van der Waals surface area (Å²) in [7, 11) is 0. The summed E-state index contributed by atoms with van der Waals surface area (Å²) in [5, 5.41) is 14.0. The van der Waals surface area contributed by atoms with Crippen molar-refractivity contribution in [3.05, 3.63) is 75.3 Å². The van der Waals surface area contributed by atoms with E-state index in [1.54, 1.807) is 12.1 Å². The third-order valence-corrected chi connectivity index (χ3v) is 3.21. The fraction of sp³-hybridized carbons (Fsp3) is 0.250. The van der Waals surface area contributed by atoms with E-state index >= 15 is 0 Å². The molecule has 0 radical (unpaired) electrons. The minimum absolute atomic E-state index is 0.136. The van der Waals surface area contributed by atoms with E-state index in [2.05, 4.69) is 36.5 Å². The summed E-state index contributed by atoms with van der Waals surface area (Å²) < 4.78 is 0. The molecule has 4 nitrogen and oxygen atoms in total. The predicted octanol–water partition coefficient (Wildman–Crippen LogP) is 3.45. The van der Waals surface area contributed by atoms with Crippen LogP contribution in [0.3, 0.4) is 0 Å². The number of non-ortho nitro benzene ring substituents is 1. The highest BCUT2D eigenvalue weighted by molar-refractivity contribution is 5.34. The summed E-state index contributed by atoms with van der Waals surface area (Å²) in [5.41, 5.74) is 3.60. The molecule has 0 spiro atoms. The Labute approximate surface area is 118 Å². The molecule has 0 saturated heterocycles. The molecule has 0 bridgehead atoms. The number of hydrogen-bond acceptors (Lipinski definition) is 3. The number of nitrogens with one attached hydrogen (secondary N) is 1. The molecule has 0 aliphatic rings. The van der Waals surface area contributed by atoms with Gasteiger partial charge in [-0.3, -0.25) is 10.1 Å². The van der Waals surface area contributed by atoms with Crippen molar-refractivity contribution in [3.63, 3.8) is 0 Å². The zero-order chi connectivity index (χ0) is 14.4. The van der Waals surface area contributed by atoms with Gasteiger partial charge in [-0.1, -0.05) is 43.3 Å². The van der Waals surface area contributed by atoms with Gasteiger partial charge in [0.05, 0.1) is 4.92 Å². The Morgan fingerprint density at radius 3 is 2.30 bits per heavy atom. The second kappa shape index (κ2) is 6.82. The molecule has 2 aromatic carbocycles. The van der Waals surface area contributed by atoms with Crippen LogP contribution in [0.25, 0.3) is 0 Å². The van der Waals surface area contributed by atoms with Crippen LogP contribution in [0.2, 0.25) is 0 Å². The van der Waals surface area contributed by atoms with Gasteiger partial charge in [0.2, 0.25) is 0 Å². The fourth-order valence-electron chi connectivity index (χ4n) is 2.02. The van der Waals surface area contributed by atoms with Gasteiger partial charge in [-0.25, -0.2) is 0 Å². The molecule has 20 heavy (non-hydrogen) atoms. The number of benzene rings is 2. The van der Waals surface area contributed by atoms with Gasteiger partial charge in [0.15, 0.2) is 0 Å². The number of hydrogen-bond donors (Lipinski definition) is 1. The second-order valence-corrected chi connectivity index (χ2v) is 4.70. The first-order chi connectivity index (χ1) is 9.69. The topological polar surface area (TPSA) is 55.2 Å². The van der Waals surface area contributed by atoms with Gasteiger partial charge in [0.25, 0.3) is 5.69 Å². The quantitative estimate of drug-likeness (QED) is 0.646. The van der Waals surface area contributed by atoms with Gasteiger partial charge >= 0.3 is 0 Å². The highest BCUT2D eigenvalue weighted by Crippen LogP contribution is 2.13. The number of rotatable bonds is 6. The molecule has 1 N–H and O–H groups in total. The second-order valence-electron chi connectivity index (χ2n) is 4.70. The van der Waals surface area contributed by atoms with Gasteiger partial charge in [-0.05, 0) is 23.1 Å². The van der Waals surface area contributed by atoms with Crippen molar-refractivity contribution in [2.75, 3.05) is 0 Å². The molecule has 0 atom stereocenters. The molecule has 0 aliphatic carbocycles. The van der Waals surface area contributed by atoms with Crippen molar-refractivity contribution >= 4 is 5.69 Å². The van der Waals surface area contributed by atoms with Crippen LogP contribution in [0.1, 0.15) is 23.6 Å². The standard InChI is InChI=1S/C16H18N2O2/c1-2-13-6-8-14(9-7-13)11-17-12-15-4-3-5-16(10-15)18(19)20/h3-10,17H,2,11-12H2,1H3. The van der Waals surface area contributed by atoms with Gasteiger partial charge in [-0.2, -0.15) is 0 Å². The van der Waals surface area contributed by atoms with Crippen LogP contribution in [0, 0.1) is 10.1 Å². The van der Waals surface area contributed by atoms with Crippen molar-refractivity contribution in [3.8, 4) is 0 Å². The van der Waals surface area contributed by atoms with Crippen molar-refractivity contribution in [1.82, 2.24) is 5.32 Å². The first-order valence-corrected chi connectivity index (χ1v) is 6.71. The average Bonchev–Trinajstić information content (AvgIpc) is 2.48. The van der Waals surface area contributed by atoms with Crippen LogP contribution in [0.5, 0.6) is 0 Å². The summed E-state index contributed by atoms with van der Waals surface area (Å²) >= 11 is 0. The summed E-state index contributed by atoms with van der Waals surface area (Å²) in [6.07, 6.45) is 1.04. The first-order valence-electron chi connectivity index (χ1n) is 6.71. The summed E-state index contributed by atoms with van der Waals surface area (Å²) in [6.45, 7) is 3.51. The zero-order valence-corrected chi connectivity index (χ0v) is 11.5. The molecule has 2 aromatic rings. The number of nitro groups is 1. The summed E-state index contributed by atoms with van der Waals surface area (Å²) in [6, 6.07) is 15.2. The van der Waals surface area contributed by atoms with Crippen LogP contribution < -0.4 is 5.32 Å². The molecule has 0 amide bonds. The molecule has 0 saturated carbocycles. The fourth-order valence-corrected chi connectivity index (χ4v) is 2.02. The van der Waals surface area contributed by atoms with Crippen LogP contribution in [-0.2, 0) is 19.5 Å². The lowest BCUT2D eigenvalue weighted by molar-refractivity contribution is -0.384. The Bertz CT molecular complexity index is 579. The van der Waals surface area contributed by atoms with Gasteiger partial charge < -0.3 is 5.32 Å². The van der Waals surface area contributed by atoms with Gasteiger partial charge in [-0.15, -0.1) is 0 Å². The normalized spacial score (nSPS) is 10.4. The van der Waals surface area contributed by atoms with E-state index in [-0.39, 0.29) is 10.6 Å². The van der Waals surface area contributed by atoms with E-state index in [0.29, 0.717) is 6.54 Å². The van der Waals surface area contributed by atoms with Crippen molar-refractivity contribution in [2.24, 2.45) is 0 Å². The number of nitro benzene ring substituents is 1. The lowest BCUT2D eigenvalue weighted by atomic mass is 10.1. The first kappa shape index (κ1) is 14.2. The maximum atomic E-state index is 10.7. The molecule has 0 fully saturated rings. The smallest absolute Gasteiger partial charge is 0.269 e. The highest BCUT2D eigenvalue weighted by Gasteiger charge is 2.05. The molecule has 0 heterocycles. The van der Waals surface area contributed by atoms with Crippen molar-refractivity contribution in [1.29, 1.82) is 0 Å². The van der Waals surface area contributed by atoms with E-state index in [1.165, 1.54) is 17.2 Å². The van der Waals surface area contributed by atoms with E-state index in [1.807, 2.05) is 6.07 Å². The van der Waals surface area contributed by atoms with Crippen molar-refractivity contribution in [2.45, 2.75) is 26.4 Å². The minimum atomic E-state index is -0.368. The molecule has 0 unspecified atom stereocenters. The Hall–Kier alpha value is -2.20. The number of nitrogens with zero attached hydrogens (tertiary/aromatic N) is 1. The van der Waals surface area contributed by atoms with Crippen molar-refractivity contribution < 1.29 is 4.92 Å². The number of aryl methyl sites for hydroxylation is 1. The minimum Gasteiger partial charge on any atom is -0.309 e. The predicted molar refractivity (Wildman–Crippen MR) is 79.5 cm³/mol. The molecule has 104 valence electrons. The molecule has 2 rings (SSSR count). The Morgan fingerprint density at radius 2 is 1.65 bits per heavy atom. The van der Waals surface area contributed by atoms with Gasteiger partial charge in [0.1, 0.15) is 0 Å². The van der Waals surface area contributed by atoms with E-state index < -0.39 is 0 Å². The van der Waals surface area contributed by atoms with Crippen LogP contribution >= 0.6 is 0 Å². The van der Waals surface area contributed by atoms with E-state index in [4.69, 9.17) is 0 Å². The molecular weight excluding hydrogens is 252 g/mol. The maximum absolute atomic E-state index is 10.7. The molecule has 4 heteroatoms. The maximum Gasteiger partial charge on any atom is 0.269 e. The lowest BCUT2D eigenvalue weighted by Crippen LogP contribution is -2.12. The van der Waals surface area contributed by atoms with Gasteiger partial charge in [0, 0.05) is 25.2 Å². The Morgan fingerprint density at radius 1 is 1.00 bits per heavy atom.